The third kappa shape index (κ3) is 1.96. The molecule has 0 amide bonds. The van der Waals surface area contributed by atoms with Crippen molar-refractivity contribution in [1.82, 2.24) is 0 Å². The van der Waals surface area contributed by atoms with Gasteiger partial charge in [-0.3, -0.25) is 0 Å². The van der Waals surface area contributed by atoms with Crippen LogP contribution in [0.2, 0.25) is 0 Å². The van der Waals surface area contributed by atoms with Crippen LogP contribution in [0.1, 0.15) is 32.6 Å². The topological polar surface area (TPSA) is 32.8 Å². The maximum Gasteiger partial charge on any atom is 0.115 e. The minimum Gasteiger partial charge on any atom is -0.393 e. The molecule has 1 heterocycles. The van der Waals surface area contributed by atoms with E-state index in [1.54, 1.807) is 0 Å². The Morgan fingerprint density at radius 2 is 2.20 bits per heavy atom. The Morgan fingerprint density at radius 3 is 2.60 bits per heavy atom. The van der Waals surface area contributed by atoms with E-state index < -0.39 is 0 Å². The molecule has 1 unspecified atom stereocenters. The zero-order chi connectivity index (χ0) is 7.45. The minimum absolute atomic E-state index is 0.102. The summed E-state index contributed by atoms with van der Waals surface area (Å²) < 4.78 is 5.14. The molecule has 60 valence electrons. The second-order valence-corrected chi connectivity index (χ2v) is 3.09. The molecule has 0 aliphatic carbocycles. The van der Waals surface area contributed by atoms with Crippen LogP contribution in [0.25, 0.3) is 0 Å². The fraction of sp³-hybridized carbons (Fsp3) is 1.00. The van der Waals surface area contributed by atoms with Gasteiger partial charge in [0.15, 0.2) is 0 Å². The highest BCUT2D eigenvalue weighted by molar-refractivity contribution is 4.90. The molecule has 0 radical (unpaired) electrons. The van der Waals surface area contributed by atoms with Gasteiger partial charge in [0.1, 0.15) is 5.60 Å². The predicted molar refractivity (Wildman–Crippen MR) is 39.9 cm³/mol. The highest BCUT2D eigenvalue weighted by Gasteiger charge is 2.42. The van der Waals surface area contributed by atoms with Gasteiger partial charge >= 0.3 is 0 Å². The first-order valence-electron chi connectivity index (χ1n) is 4.08. The molecule has 0 spiro atoms. The standard InChI is InChI=1S/C8H16O2/c1-2-3-4-5-8(6-9)7-10-8/h9H,2-7H2,1H3. The normalized spacial score (nSPS) is 30.6. The number of aliphatic hydroxyl groups excluding tert-OH is 1. The number of hydrogen-bond acceptors (Lipinski definition) is 2. The fourth-order valence-electron chi connectivity index (χ4n) is 1.11. The van der Waals surface area contributed by atoms with Crippen LogP contribution in [0.4, 0.5) is 0 Å². The molecule has 0 bridgehead atoms. The quantitative estimate of drug-likeness (QED) is 0.466. The average molecular weight is 144 g/mol. The summed E-state index contributed by atoms with van der Waals surface area (Å²) in [6.45, 7) is 3.16. The van der Waals surface area contributed by atoms with Crippen LogP contribution in [0, 0.1) is 0 Å². The van der Waals surface area contributed by atoms with Crippen molar-refractivity contribution in [2.24, 2.45) is 0 Å². The molecular formula is C8H16O2. The molecule has 1 aliphatic rings. The summed E-state index contributed by atoms with van der Waals surface area (Å²) >= 11 is 0. The Labute approximate surface area is 62.2 Å². The monoisotopic (exact) mass is 144 g/mol. The van der Waals surface area contributed by atoms with E-state index in [4.69, 9.17) is 9.84 Å². The highest BCUT2D eigenvalue weighted by Crippen LogP contribution is 2.31. The second kappa shape index (κ2) is 3.35. The Morgan fingerprint density at radius 1 is 1.50 bits per heavy atom. The summed E-state index contributed by atoms with van der Waals surface area (Å²) in [7, 11) is 0. The van der Waals surface area contributed by atoms with Crippen molar-refractivity contribution >= 4 is 0 Å². The van der Waals surface area contributed by atoms with Crippen LogP contribution in [0.3, 0.4) is 0 Å². The molecule has 0 aromatic carbocycles. The van der Waals surface area contributed by atoms with Gasteiger partial charge in [-0.15, -0.1) is 0 Å². The summed E-state index contributed by atoms with van der Waals surface area (Å²) in [4.78, 5) is 0. The third-order valence-corrected chi connectivity index (χ3v) is 2.08. The number of hydrogen-bond donors (Lipinski definition) is 1. The average Bonchev–Trinajstić information content (AvgIpc) is 2.70. The largest absolute Gasteiger partial charge is 0.393 e. The van der Waals surface area contributed by atoms with Gasteiger partial charge in [-0.05, 0) is 6.42 Å². The molecule has 2 heteroatoms. The lowest BCUT2D eigenvalue weighted by Crippen LogP contribution is -2.15. The summed E-state index contributed by atoms with van der Waals surface area (Å²) in [6.07, 6.45) is 4.72. The van der Waals surface area contributed by atoms with Gasteiger partial charge in [0.25, 0.3) is 0 Å². The van der Waals surface area contributed by atoms with E-state index in [0.717, 1.165) is 13.0 Å². The van der Waals surface area contributed by atoms with Gasteiger partial charge in [0.05, 0.1) is 13.2 Å². The fourth-order valence-corrected chi connectivity index (χ4v) is 1.11. The molecule has 0 aromatic rings. The Hall–Kier alpha value is -0.0800. The van der Waals surface area contributed by atoms with Crippen molar-refractivity contribution in [2.75, 3.05) is 13.2 Å². The molecule has 1 rings (SSSR count). The van der Waals surface area contributed by atoms with Crippen molar-refractivity contribution in [2.45, 2.75) is 38.2 Å². The second-order valence-electron chi connectivity index (χ2n) is 3.09. The van der Waals surface area contributed by atoms with Crippen molar-refractivity contribution in [3.63, 3.8) is 0 Å². The van der Waals surface area contributed by atoms with Gasteiger partial charge in [-0.25, -0.2) is 0 Å². The Balaban J connectivity index is 2.01. The summed E-state index contributed by atoms with van der Waals surface area (Å²) in [6, 6.07) is 0. The number of aliphatic hydroxyl groups is 1. The zero-order valence-electron chi connectivity index (χ0n) is 6.60. The van der Waals surface area contributed by atoms with Crippen molar-refractivity contribution < 1.29 is 9.84 Å². The molecule has 0 aromatic heterocycles. The van der Waals surface area contributed by atoms with Crippen LogP contribution in [0.5, 0.6) is 0 Å². The van der Waals surface area contributed by atoms with Gasteiger partial charge in [-0.2, -0.15) is 0 Å². The lowest BCUT2D eigenvalue weighted by molar-refractivity contribution is 0.161. The van der Waals surface area contributed by atoms with Gasteiger partial charge in [0.2, 0.25) is 0 Å². The Bertz CT molecular complexity index is 97.4. The summed E-state index contributed by atoms with van der Waals surface area (Å²) in [5, 5.41) is 8.83. The predicted octanol–water partition coefficient (Wildman–Crippen LogP) is 1.33. The maximum absolute atomic E-state index is 8.83. The van der Waals surface area contributed by atoms with Crippen LogP contribution in [0.15, 0.2) is 0 Å². The molecule has 2 nitrogen and oxygen atoms in total. The molecule has 1 N–H and O–H groups in total. The number of ether oxygens (including phenoxy) is 1. The summed E-state index contributed by atoms with van der Waals surface area (Å²) in [5.41, 5.74) is -0.102. The van der Waals surface area contributed by atoms with Crippen LogP contribution in [-0.4, -0.2) is 23.9 Å². The van der Waals surface area contributed by atoms with Crippen molar-refractivity contribution in [3.8, 4) is 0 Å². The van der Waals surface area contributed by atoms with Crippen LogP contribution in [-0.2, 0) is 4.74 Å². The number of epoxide rings is 1. The molecule has 1 saturated heterocycles. The Kier molecular flexibility index (Phi) is 2.69. The first-order chi connectivity index (χ1) is 4.83. The third-order valence-electron chi connectivity index (χ3n) is 2.08. The first-order valence-corrected chi connectivity index (χ1v) is 4.08. The summed E-state index contributed by atoms with van der Waals surface area (Å²) in [5.74, 6) is 0. The highest BCUT2D eigenvalue weighted by atomic mass is 16.6. The SMILES string of the molecule is CCCCCC1(CO)CO1. The lowest BCUT2D eigenvalue weighted by atomic mass is 10.0. The van der Waals surface area contributed by atoms with E-state index in [-0.39, 0.29) is 12.2 Å². The first kappa shape index (κ1) is 8.02. The molecule has 0 saturated carbocycles. The van der Waals surface area contributed by atoms with E-state index in [2.05, 4.69) is 6.92 Å². The van der Waals surface area contributed by atoms with Gasteiger partial charge in [0, 0.05) is 0 Å². The molecular weight excluding hydrogens is 128 g/mol. The zero-order valence-corrected chi connectivity index (χ0v) is 6.60. The van der Waals surface area contributed by atoms with E-state index in [9.17, 15) is 0 Å². The molecule has 1 atom stereocenters. The van der Waals surface area contributed by atoms with Crippen LogP contribution < -0.4 is 0 Å². The smallest absolute Gasteiger partial charge is 0.115 e. The van der Waals surface area contributed by atoms with E-state index in [0.29, 0.717) is 0 Å². The van der Waals surface area contributed by atoms with Gasteiger partial charge in [-0.1, -0.05) is 26.2 Å². The van der Waals surface area contributed by atoms with E-state index in [1.807, 2.05) is 0 Å². The van der Waals surface area contributed by atoms with Crippen molar-refractivity contribution in [1.29, 1.82) is 0 Å². The molecule has 10 heavy (non-hydrogen) atoms. The maximum atomic E-state index is 8.83. The van der Waals surface area contributed by atoms with E-state index >= 15 is 0 Å². The van der Waals surface area contributed by atoms with Crippen molar-refractivity contribution in [3.05, 3.63) is 0 Å². The number of rotatable bonds is 5. The molecule has 1 fully saturated rings. The van der Waals surface area contributed by atoms with Crippen LogP contribution >= 0.6 is 0 Å². The van der Waals surface area contributed by atoms with E-state index in [1.165, 1.54) is 19.3 Å². The number of unbranched alkanes of at least 4 members (excludes halogenated alkanes) is 2. The lowest BCUT2D eigenvalue weighted by Gasteiger charge is -2.05. The van der Waals surface area contributed by atoms with Gasteiger partial charge < -0.3 is 9.84 Å². The minimum atomic E-state index is -0.102. The molecule has 1 aliphatic heterocycles.